The fourth-order valence-corrected chi connectivity index (χ4v) is 3.20. The summed E-state index contributed by atoms with van der Waals surface area (Å²) >= 11 is 0. The standard InChI is InChI=1S/C24H30O5/c1-3-28-23(25)21(19-11-7-5-8-12-19)15-17-27-18-16-22(24(26)29-4-2)20-13-9-6-10-14-20/h5-14,21-22H,3-4,15-18H2,1-2H3/t21-,22-/m0/s1. The van der Waals surface area contributed by atoms with Crippen molar-refractivity contribution in [2.45, 2.75) is 38.5 Å². The van der Waals surface area contributed by atoms with Crippen molar-refractivity contribution in [2.75, 3.05) is 26.4 Å². The second-order valence-electron chi connectivity index (χ2n) is 6.62. The highest BCUT2D eigenvalue weighted by Gasteiger charge is 2.23. The lowest BCUT2D eigenvalue weighted by atomic mass is 9.95. The number of hydrogen-bond donors (Lipinski definition) is 0. The second-order valence-corrected chi connectivity index (χ2v) is 6.62. The summed E-state index contributed by atoms with van der Waals surface area (Å²) in [5.41, 5.74) is 1.84. The Balaban J connectivity index is 1.89. The summed E-state index contributed by atoms with van der Waals surface area (Å²) < 4.78 is 16.2. The van der Waals surface area contributed by atoms with Crippen LogP contribution in [-0.4, -0.2) is 38.4 Å². The van der Waals surface area contributed by atoms with Gasteiger partial charge in [0, 0.05) is 13.2 Å². The lowest BCUT2D eigenvalue weighted by molar-refractivity contribution is -0.145. The van der Waals surface area contributed by atoms with Gasteiger partial charge in [-0.25, -0.2) is 0 Å². The highest BCUT2D eigenvalue weighted by molar-refractivity contribution is 5.78. The predicted molar refractivity (Wildman–Crippen MR) is 112 cm³/mol. The fourth-order valence-electron chi connectivity index (χ4n) is 3.20. The van der Waals surface area contributed by atoms with Crippen molar-refractivity contribution in [3.05, 3.63) is 71.8 Å². The topological polar surface area (TPSA) is 61.8 Å². The molecule has 0 N–H and O–H groups in total. The fraction of sp³-hybridized carbons (Fsp3) is 0.417. The largest absolute Gasteiger partial charge is 0.466 e. The first-order valence-corrected chi connectivity index (χ1v) is 10.2. The number of esters is 2. The molecule has 0 spiro atoms. The molecule has 0 aliphatic rings. The van der Waals surface area contributed by atoms with Gasteiger partial charge in [0.15, 0.2) is 0 Å². The first kappa shape index (κ1) is 22.6. The van der Waals surface area contributed by atoms with Crippen LogP contribution in [0.25, 0.3) is 0 Å². The molecule has 156 valence electrons. The lowest BCUT2D eigenvalue weighted by Crippen LogP contribution is -2.20. The molecule has 2 atom stereocenters. The van der Waals surface area contributed by atoms with E-state index in [1.807, 2.05) is 60.7 Å². The van der Waals surface area contributed by atoms with Gasteiger partial charge in [-0.15, -0.1) is 0 Å². The molecule has 0 radical (unpaired) electrons. The van der Waals surface area contributed by atoms with E-state index in [0.717, 1.165) is 11.1 Å². The van der Waals surface area contributed by atoms with E-state index in [9.17, 15) is 9.59 Å². The number of carbonyl (C=O) groups excluding carboxylic acids is 2. The van der Waals surface area contributed by atoms with E-state index >= 15 is 0 Å². The van der Waals surface area contributed by atoms with Crippen molar-refractivity contribution in [1.29, 1.82) is 0 Å². The van der Waals surface area contributed by atoms with Crippen LogP contribution in [-0.2, 0) is 23.8 Å². The highest BCUT2D eigenvalue weighted by atomic mass is 16.5. The van der Waals surface area contributed by atoms with Crippen molar-refractivity contribution in [1.82, 2.24) is 0 Å². The van der Waals surface area contributed by atoms with Gasteiger partial charge in [-0.05, 0) is 37.8 Å². The van der Waals surface area contributed by atoms with E-state index < -0.39 is 0 Å². The Labute approximate surface area is 173 Å². The lowest BCUT2D eigenvalue weighted by Gasteiger charge is -2.18. The van der Waals surface area contributed by atoms with E-state index in [1.54, 1.807) is 13.8 Å². The summed E-state index contributed by atoms with van der Waals surface area (Å²) in [7, 11) is 0. The average Bonchev–Trinajstić information content (AvgIpc) is 2.75. The number of rotatable bonds is 12. The van der Waals surface area contributed by atoms with Gasteiger partial charge in [-0.1, -0.05) is 60.7 Å². The molecule has 0 aromatic heterocycles. The molecule has 0 amide bonds. The number of benzene rings is 2. The molecule has 5 heteroatoms. The Morgan fingerprint density at radius 3 is 1.41 bits per heavy atom. The maximum atomic E-state index is 12.3. The van der Waals surface area contributed by atoms with Gasteiger partial charge in [0.05, 0.1) is 25.0 Å². The quantitative estimate of drug-likeness (QED) is 0.390. The molecule has 0 saturated carbocycles. The van der Waals surface area contributed by atoms with Crippen LogP contribution in [0.15, 0.2) is 60.7 Å². The molecule has 0 aliphatic carbocycles. The van der Waals surface area contributed by atoms with Gasteiger partial charge in [-0.2, -0.15) is 0 Å². The van der Waals surface area contributed by atoms with Crippen LogP contribution >= 0.6 is 0 Å². The van der Waals surface area contributed by atoms with Gasteiger partial charge >= 0.3 is 11.9 Å². The molecule has 0 saturated heterocycles. The Kier molecular flexibility index (Phi) is 9.93. The molecule has 0 unspecified atom stereocenters. The van der Waals surface area contributed by atoms with E-state index in [1.165, 1.54) is 0 Å². The molecule has 29 heavy (non-hydrogen) atoms. The molecule has 0 aliphatic heterocycles. The van der Waals surface area contributed by atoms with Crippen LogP contribution < -0.4 is 0 Å². The third-order valence-corrected chi connectivity index (χ3v) is 4.65. The molecule has 0 bridgehead atoms. The summed E-state index contributed by atoms with van der Waals surface area (Å²) in [6.45, 7) is 5.11. The van der Waals surface area contributed by atoms with Crippen molar-refractivity contribution in [3.63, 3.8) is 0 Å². The molecular formula is C24H30O5. The van der Waals surface area contributed by atoms with Crippen molar-refractivity contribution in [3.8, 4) is 0 Å². The maximum Gasteiger partial charge on any atom is 0.313 e. The Morgan fingerprint density at radius 2 is 1.07 bits per heavy atom. The predicted octanol–water partition coefficient (Wildman–Crippen LogP) is 4.48. The van der Waals surface area contributed by atoms with Crippen LogP contribution in [0.1, 0.15) is 49.7 Å². The van der Waals surface area contributed by atoms with Gasteiger partial charge in [0.25, 0.3) is 0 Å². The summed E-state index contributed by atoms with van der Waals surface area (Å²) in [4.78, 5) is 24.6. The van der Waals surface area contributed by atoms with Crippen LogP contribution in [0, 0.1) is 0 Å². The summed E-state index contributed by atoms with van der Waals surface area (Å²) in [5, 5.41) is 0. The second kappa shape index (κ2) is 12.7. The van der Waals surface area contributed by atoms with Gasteiger partial charge in [0.1, 0.15) is 0 Å². The summed E-state index contributed by atoms with van der Waals surface area (Å²) in [6, 6.07) is 19.2. The molecule has 2 aromatic carbocycles. The van der Waals surface area contributed by atoms with E-state index in [4.69, 9.17) is 14.2 Å². The molecule has 2 aromatic rings. The third-order valence-electron chi connectivity index (χ3n) is 4.65. The molecule has 5 nitrogen and oxygen atoms in total. The number of hydrogen-bond acceptors (Lipinski definition) is 5. The van der Waals surface area contributed by atoms with Crippen LogP contribution in [0.5, 0.6) is 0 Å². The Morgan fingerprint density at radius 1 is 0.690 bits per heavy atom. The molecular weight excluding hydrogens is 368 g/mol. The zero-order chi connectivity index (χ0) is 20.9. The Bertz CT molecular complexity index is 666. The van der Waals surface area contributed by atoms with E-state index in [0.29, 0.717) is 39.3 Å². The average molecular weight is 398 g/mol. The number of carbonyl (C=O) groups is 2. The smallest absolute Gasteiger partial charge is 0.313 e. The SMILES string of the molecule is CCOC(=O)[C@@H](CCOCC[C@H](C(=O)OCC)c1ccccc1)c1ccccc1. The molecule has 0 fully saturated rings. The van der Waals surface area contributed by atoms with Crippen molar-refractivity contribution < 1.29 is 23.8 Å². The zero-order valence-electron chi connectivity index (χ0n) is 17.2. The van der Waals surface area contributed by atoms with Crippen LogP contribution in [0.2, 0.25) is 0 Å². The summed E-state index contributed by atoms with van der Waals surface area (Å²) in [6.07, 6.45) is 1.05. The van der Waals surface area contributed by atoms with Gasteiger partial charge in [0.2, 0.25) is 0 Å². The van der Waals surface area contributed by atoms with Crippen LogP contribution in [0.3, 0.4) is 0 Å². The number of ether oxygens (including phenoxy) is 3. The molecule has 2 rings (SSSR count). The van der Waals surface area contributed by atoms with Crippen molar-refractivity contribution in [2.24, 2.45) is 0 Å². The van der Waals surface area contributed by atoms with E-state index in [2.05, 4.69) is 0 Å². The first-order chi connectivity index (χ1) is 14.2. The first-order valence-electron chi connectivity index (χ1n) is 10.2. The van der Waals surface area contributed by atoms with Crippen molar-refractivity contribution >= 4 is 11.9 Å². The normalized spacial score (nSPS) is 12.8. The highest BCUT2D eigenvalue weighted by Crippen LogP contribution is 2.23. The maximum absolute atomic E-state index is 12.3. The minimum atomic E-state index is -0.355. The van der Waals surface area contributed by atoms with Gasteiger partial charge in [-0.3, -0.25) is 9.59 Å². The zero-order valence-corrected chi connectivity index (χ0v) is 17.2. The van der Waals surface area contributed by atoms with Crippen LogP contribution in [0.4, 0.5) is 0 Å². The minimum Gasteiger partial charge on any atom is -0.466 e. The third kappa shape index (κ3) is 7.35. The summed E-state index contributed by atoms with van der Waals surface area (Å²) in [5.74, 6) is -1.19. The minimum absolute atomic E-state index is 0.240. The molecule has 0 heterocycles. The Hall–Kier alpha value is -2.66. The van der Waals surface area contributed by atoms with Gasteiger partial charge < -0.3 is 14.2 Å². The van der Waals surface area contributed by atoms with E-state index in [-0.39, 0.29) is 23.8 Å². The monoisotopic (exact) mass is 398 g/mol.